The number of aliphatic hydroxyl groups is 2. The predicted octanol–water partition coefficient (Wildman–Crippen LogP) is 4.91. The van der Waals surface area contributed by atoms with Gasteiger partial charge in [-0.2, -0.15) is 4.98 Å². The molecule has 0 aliphatic carbocycles. The topological polar surface area (TPSA) is 96.6 Å². The van der Waals surface area contributed by atoms with Crippen molar-refractivity contribution in [1.82, 2.24) is 9.55 Å². The summed E-state index contributed by atoms with van der Waals surface area (Å²) in [6, 6.07) is 0. The van der Waals surface area contributed by atoms with E-state index in [-0.39, 0.29) is 5.82 Å². The van der Waals surface area contributed by atoms with E-state index in [0.29, 0.717) is 6.54 Å². The van der Waals surface area contributed by atoms with Gasteiger partial charge >= 0.3 is 5.69 Å². The van der Waals surface area contributed by atoms with Crippen molar-refractivity contribution < 1.29 is 19.3 Å². The van der Waals surface area contributed by atoms with Crippen LogP contribution in [0.25, 0.3) is 0 Å². The van der Waals surface area contributed by atoms with Crippen molar-refractivity contribution in [2.75, 3.05) is 11.9 Å². The van der Waals surface area contributed by atoms with E-state index < -0.39 is 36.0 Å². The maximum Gasteiger partial charge on any atom is 0.351 e. The van der Waals surface area contributed by atoms with Crippen LogP contribution in [0.2, 0.25) is 0 Å². The van der Waals surface area contributed by atoms with Crippen LogP contribution in [-0.4, -0.2) is 44.6 Å². The molecule has 0 amide bonds. The number of anilines is 1. The molecule has 0 bridgehead atoms. The number of nitrogens with zero attached hydrogens (tertiary/aromatic N) is 2. The molecule has 33 heavy (non-hydrogen) atoms. The Morgan fingerprint density at radius 1 is 0.939 bits per heavy atom. The standard InChI is InChI=1S/C25H44FN3O4/c1-3-4-5-6-7-8-9-10-11-12-13-14-15-16-17-27-23-20(26)18-29(25(32)28-23)24-22(31)21(30)19(2)33-24/h18-19,21-22,24,30-31H,3-17H2,1-2H3,(H,27,28,32)/t19-,21+,22-,24+/m0/s1. The van der Waals surface area contributed by atoms with Gasteiger partial charge in [0, 0.05) is 6.54 Å². The molecule has 1 aromatic heterocycles. The first kappa shape index (κ1) is 27.7. The predicted molar refractivity (Wildman–Crippen MR) is 129 cm³/mol. The first-order valence-electron chi connectivity index (χ1n) is 13.0. The molecule has 0 spiro atoms. The van der Waals surface area contributed by atoms with Gasteiger partial charge in [-0.05, 0) is 13.3 Å². The summed E-state index contributed by atoms with van der Waals surface area (Å²) < 4.78 is 20.7. The van der Waals surface area contributed by atoms with E-state index >= 15 is 0 Å². The molecule has 1 aromatic rings. The molecule has 0 unspecified atom stereocenters. The molecular formula is C25H44FN3O4. The minimum absolute atomic E-state index is 0.0907. The van der Waals surface area contributed by atoms with Crippen LogP contribution in [0.4, 0.5) is 10.2 Å². The summed E-state index contributed by atoms with van der Waals surface area (Å²) in [4.78, 5) is 16.0. The highest BCUT2D eigenvalue weighted by atomic mass is 19.1. The molecule has 2 rings (SSSR count). The number of ether oxygens (including phenoxy) is 1. The lowest BCUT2D eigenvalue weighted by Crippen LogP contribution is -2.36. The molecule has 2 heterocycles. The van der Waals surface area contributed by atoms with Crippen molar-refractivity contribution in [2.24, 2.45) is 0 Å². The zero-order chi connectivity index (χ0) is 24.1. The van der Waals surface area contributed by atoms with Crippen molar-refractivity contribution >= 4 is 5.82 Å². The normalized spacial score (nSPS) is 22.7. The fourth-order valence-corrected chi connectivity index (χ4v) is 4.34. The first-order valence-corrected chi connectivity index (χ1v) is 13.0. The summed E-state index contributed by atoms with van der Waals surface area (Å²) in [5.41, 5.74) is -0.731. The van der Waals surface area contributed by atoms with Crippen LogP contribution in [-0.2, 0) is 4.74 Å². The third-order valence-corrected chi connectivity index (χ3v) is 6.48. The third kappa shape index (κ3) is 9.33. The van der Waals surface area contributed by atoms with Crippen LogP contribution in [0.15, 0.2) is 11.0 Å². The lowest BCUT2D eigenvalue weighted by Gasteiger charge is -2.18. The molecular weight excluding hydrogens is 425 g/mol. The van der Waals surface area contributed by atoms with Gasteiger partial charge in [0.1, 0.15) is 12.2 Å². The highest BCUT2D eigenvalue weighted by Gasteiger charge is 2.42. The van der Waals surface area contributed by atoms with E-state index in [1.54, 1.807) is 6.92 Å². The summed E-state index contributed by atoms with van der Waals surface area (Å²) in [5, 5.41) is 22.7. The molecule has 0 aromatic carbocycles. The molecule has 8 heteroatoms. The molecule has 0 radical (unpaired) electrons. The highest BCUT2D eigenvalue weighted by molar-refractivity contribution is 5.34. The molecule has 1 aliphatic rings. The van der Waals surface area contributed by atoms with Crippen molar-refractivity contribution in [2.45, 2.75) is 128 Å². The van der Waals surface area contributed by atoms with Gasteiger partial charge in [0.2, 0.25) is 0 Å². The largest absolute Gasteiger partial charge is 0.388 e. The summed E-state index contributed by atoms with van der Waals surface area (Å²) in [6.45, 7) is 4.38. The van der Waals surface area contributed by atoms with Crippen LogP contribution in [0, 0.1) is 5.82 Å². The molecule has 1 saturated heterocycles. The highest BCUT2D eigenvalue weighted by Crippen LogP contribution is 2.28. The molecule has 3 N–H and O–H groups in total. The quantitative estimate of drug-likeness (QED) is 0.280. The number of nitrogens with one attached hydrogen (secondary N) is 1. The lowest BCUT2D eigenvalue weighted by molar-refractivity contribution is -0.0355. The van der Waals surface area contributed by atoms with Gasteiger partial charge in [0.15, 0.2) is 17.9 Å². The van der Waals surface area contributed by atoms with Crippen LogP contribution >= 0.6 is 0 Å². The Labute approximate surface area is 197 Å². The SMILES string of the molecule is CCCCCCCCCCCCCCCCNc1nc(=O)n([C@@H]2O[C@@H](C)[C@@H](O)[C@@H]2O)cc1F. The minimum Gasteiger partial charge on any atom is -0.388 e. The zero-order valence-corrected chi connectivity index (χ0v) is 20.5. The van der Waals surface area contributed by atoms with Gasteiger partial charge in [-0.25, -0.2) is 9.18 Å². The number of aliphatic hydroxyl groups excluding tert-OH is 2. The average molecular weight is 470 g/mol. The second kappa shape index (κ2) is 15.4. The number of aromatic nitrogens is 2. The van der Waals surface area contributed by atoms with Crippen molar-refractivity contribution in [3.63, 3.8) is 0 Å². The van der Waals surface area contributed by atoms with Crippen molar-refractivity contribution in [3.05, 3.63) is 22.5 Å². The van der Waals surface area contributed by atoms with E-state index in [9.17, 15) is 19.4 Å². The van der Waals surface area contributed by atoms with E-state index in [1.165, 1.54) is 70.6 Å². The van der Waals surface area contributed by atoms with E-state index in [0.717, 1.165) is 30.0 Å². The average Bonchev–Trinajstić information content (AvgIpc) is 3.05. The Morgan fingerprint density at radius 3 is 1.94 bits per heavy atom. The van der Waals surface area contributed by atoms with Crippen LogP contribution in [0.5, 0.6) is 0 Å². The maximum atomic E-state index is 14.4. The Balaban J connectivity index is 1.55. The smallest absolute Gasteiger partial charge is 0.351 e. The number of hydrogen-bond donors (Lipinski definition) is 3. The number of unbranched alkanes of at least 4 members (excludes halogenated alkanes) is 13. The van der Waals surface area contributed by atoms with Gasteiger partial charge < -0.3 is 20.3 Å². The van der Waals surface area contributed by atoms with E-state index in [1.807, 2.05) is 0 Å². The van der Waals surface area contributed by atoms with Gasteiger partial charge in [-0.1, -0.05) is 90.4 Å². The molecule has 1 aliphatic heterocycles. The lowest BCUT2D eigenvalue weighted by atomic mass is 10.0. The molecule has 4 atom stereocenters. The number of hydrogen-bond acceptors (Lipinski definition) is 6. The van der Waals surface area contributed by atoms with Gasteiger partial charge in [0.05, 0.1) is 12.3 Å². The minimum atomic E-state index is -1.31. The fraction of sp³-hybridized carbons (Fsp3) is 0.840. The van der Waals surface area contributed by atoms with Crippen LogP contribution in [0.3, 0.4) is 0 Å². The number of rotatable bonds is 17. The van der Waals surface area contributed by atoms with Gasteiger partial charge in [-0.15, -0.1) is 0 Å². The Kier molecular flexibility index (Phi) is 12.9. The maximum absolute atomic E-state index is 14.4. The van der Waals surface area contributed by atoms with Crippen LogP contribution < -0.4 is 11.0 Å². The molecule has 7 nitrogen and oxygen atoms in total. The van der Waals surface area contributed by atoms with Crippen molar-refractivity contribution in [3.8, 4) is 0 Å². The van der Waals surface area contributed by atoms with Crippen molar-refractivity contribution in [1.29, 1.82) is 0 Å². The zero-order valence-electron chi connectivity index (χ0n) is 20.5. The Bertz CT molecular complexity index is 730. The van der Waals surface area contributed by atoms with Gasteiger partial charge in [0.25, 0.3) is 0 Å². The third-order valence-electron chi connectivity index (χ3n) is 6.48. The van der Waals surface area contributed by atoms with Crippen LogP contribution in [0.1, 0.15) is 110 Å². The molecule has 190 valence electrons. The monoisotopic (exact) mass is 469 g/mol. The summed E-state index contributed by atoms with van der Waals surface area (Å²) >= 11 is 0. The van der Waals surface area contributed by atoms with Gasteiger partial charge in [-0.3, -0.25) is 4.57 Å². The first-order chi connectivity index (χ1) is 16.0. The summed E-state index contributed by atoms with van der Waals surface area (Å²) in [5.74, 6) is -0.781. The number of halogens is 1. The van der Waals surface area contributed by atoms with E-state index in [2.05, 4.69) is 17.2 Å². The van der Waals surface area contributed by atoms with E-state index in [4.69, 9.17) is 4.74 Å². The summed E-state index contributed by atoms with van der Waals surface area (Å²) in [6.07, 6.45) is 14.6. The second-order valence-corrected chi connectivity index (χ2v) is 9.36. The Hall–Kier alpha value is -1.51. The fourth-order valence-electron chi connectivity index (χ4n) is 4.34. The molecule has 1 fully saturated rings. The molecule has 0 saturated carbocycles. The second-order valence-electron chi connectivity index (χ2n) is 9.36. The Morgan fingerprint density at radius 2 is 1.45 bits per heavy atom. The summed E-state index contributed by atoms with van der Waals surface area (Å²) in [7, 11) is 0.